The number of rotatable bonds is 3. The Morgan fingerprint density at radius 1 is 1.29 bits per heavy atom. The number of piperazine rings is 1. The van der Waals surface area contributed by atoms with Gasteiger partial charge in [-0.3, -0.25) is 4.90 Å². The summed E-state index contributed by atoms with van der Waals surface area (Å²) in [5.41, 5.74) is 7.54. The molecule has 2 N–H and O–H groups in total. The van der Waals surface area contributed by atoms with Gasteiger partial charge >= 0.3 is 0 Å². The summed E-state index contributed by atoms with van der Waals surface area (Å²) < 4.78 is 14.5. The van der Waals surface area contributed by atoms with Crippen LogP contribution in [0.25, 0.3) is 0 Å². The highest BCUT2D eigenvalue weighted by Gasteiger charge is 2.34. The molecule has 3 rings (SSSR count). The van der Waals surface area contributed by atoms with E-state index < -0.39 is 0 Å². The van der Waals surface area contributed by atoms with Crippen molar-refractivity contribution in [1.29, 1.82) is 0 Å². The van der Waals surface area contributed by atoms with Gasteiger partial charge in [0, 0.05) is 25.2 Å². The zero-order valence-electron chi connectivity index (χ0n) is 12.9. The van der Waals surface area contributed by atoms with Crippen molar-refractivity contribution >= 4 is 5.69 Å². The minimum atomic E-state index is -0.0999. The molecule has 1 aromatic rings. The summed E-state index contributed by atoms with van der Waals surface area (Å²) in [4.78, 5) is 4.88. The second kappa shape index (κ2) is 6.32. The molecule has 2 atom stereocenters. The Morgan fingerprint density at radius 3 is 2.95 bits per heavy atom. The van der Waals surface area contributed by atoms with E-state index >= 15 is 0 Å². The number of hydrogen-bond acceptors (Lipinski definition) is 3. The van der Waals surface area contributed by atoms with Crippen LogP contribution in [0.15, 0.2) is 18.2 Å². The third-order valence-electron chi connectivity index (χ3n) is 4.96. The highest BCUT2D eigenvalue weighted by Crippen LogP contribution is 2.32. The van der Waals surface area contributed by atoms with Crippen LogP contribution >= 0.6 is 0 Å². The molecular formula is C17H26FN3. The van der Waals surface area contributed by atoms with Crippen molar-refractivity contribution in [3.63, 3.8) is 0 Å². The van der Waals surface area contributed by atoms with Gasteiger partial charge in [-0.15, -0.1) is 0 Å². The van der Waals surface area contributed by atoms with Gasteiger partial charge in [-0.2, -0.15) is 0 Å². The molecule has 0 radical (unpaired) electrons. The van der Waals surface area contributed by atoms with Crippen LogP contribution in [0.4, 0.5) is 10.1 Å². The van der Waals surface area contributed by atoms with Crippen LogP contribution in [0, 0.1) is 5.82 Å². The van der Waals surface area contributed by atoms with Crippen LogP contribution in [-0.2, 0) is 6.42 Å². The molecule has 2 fully saturated rings. The fraction of sp³-hybridized carbons (Fsp3) is 0.647. The molecule has 2 heterocycles. The zero-order chi connectivity index (χ0) is 14.8. The van der Waals surface area contributed by atoms with Crippen molar-refractivity contribution < 1.29 is 4.39 Å². The summed E-state index contributed by atoms with van der Waals surface area (Å²) in [5, 5.41) is 0. The van der Waals surface area contributed by atoms with Crippen molar-refractivity contribution in [2.24, 2.45) is 5.73 Å². The first-order chi connectivity index (χ1) is 10.2. The topological polar surface area (TPSA) is 32.5 Å². The molecule has 3 nitrogen and oxygen atoms in total. The third kappa shape index (κ3) is 2.92. The number of halogens is 1. The summed E-state index contributed by atoms with van der Waals surface area (Å²) in [6.07, 6.45) is 4.59. The highest BCUT2D eigenvalue weighted by atomic mass is 19.1. The third-order valence-corrected chi connectivity index (χ3v) is 4.96. The molecule has 0 bridgehead atoms. The number of para-hydroxylation sites is 1. The lowest BCUT2D eigenvalue weighted by Crippen LogP contribution is -2.59. The normalized spacial score (nSPS) is 26.7. The van der Waals surface area contributed by atoms with Crippen molar-refractivity contribution in [2.45, 2.75) is 44.7 Å². The number of anilines is 1. The number of hydrogen-bond donors (Lipinski definition) is 1. The first kappa shape index (κ1) is 14.8. The summed E-state index contributed by atoms with van der Waals surface area (Å²) in [5.74, 6) is -0.0999. The van der Waals surface area contributed by atoms with E-state index in [4.69, 9.17) is 5.73 Å². The molecule has 0 aliphatic carbocycles. The molecule has 4 heteroatoms. The maximum Gasteiger partial charge on any atom is 0.146 e. The van der Waals surface area contributed by atoms with Crippen LogP contribution in [0.1, 0.15) is 31.7 Å². The zero-order valence-corrected chi connectivity index (χ0v) is 12.9. The van der Waals surface area contributed by atoms with Gasteiger partial charge in [-0.05, 0) is 50.9 Å². The summed E-state index contributed by atoms with van der Waals surface area (Å²) >= 11 is 0. The van der Waals surface area contributed by atoms with Gasteiger partial charge in [0.15, 0.2) is 0 Å². The Balaban J connectivity index is 1.88. The standard InChI is InChI=1S/C17H26FN3/c1-13-11-20-10-3-2-6-15(20)12-21(13)17-14(8-9-19)5-4-7-16(17)18/h4-5,7,13,15H,2-3,6,8-12,19H2,1H3. The Kier molecular flexibility index (Phi) is 4.45. The fourth-order valence-electron chi connectivity index (χ4n) is 3.90. The molecule has 0 aromatic heterocycles. The number of nitrogens with two attached hydrogens (primary N) is 1. The molecule has 1 aromatic carbocycles. The second-order valence-corrected chi connectivity index (χ2v) is 6.43. The number of nitrogens with zero attached hydrogens (tertiary/aromatic N) is 2. The first-order valence-electron chi connectivity index (χ1n) is 8.19. The van der Waals surface area contributed by atoms with Crippen molar-refractivity contribution in [2.75, 3.05) is 31.1 Å². The lowest BCUT2D eigenvalue weighted by Gasteiger charge is -2.49. The van der Waals surface area contributed by atoms with Crippen LogP contribution in [0.5, 0.6) is 0 Å². The molecule has 21 heavy (non-hydrogen) atoms. The van der Waals surface area contributed by atoms with E-state index in [0.29, 0.717) is 18.6 Å². The molecule has 2 aliphatic rings. The summed E-state index contributed by atoms with van der Waals surface area (Å²) in [7, 11) is 0. The first-order valence-corrected chi connectivity index (χ1v) is 8.19. The lowest BCUT2D eigenvalue weighted by atomic mass is 9.95. The molecule has 0 saturated carbocycles. The van der Waals surface area contributed by atoms with E-state index in [1.165, 1.54) is 25.8 Å². The molecule has 2 saturated heterocycles. The predicted molar refractivity (Wildman–Crippen MR) is 85.2 cm³/mol. The molecule has 2 unspecified atom stereocenters. The average molecular weight is 291 g/mol. The maximum absolute atomic E-state index is 14.5. The molecule has 116 valence electrons. The van der Waals surface area contributed by atoms with Gasteiger partial charge in [0.2, 0.25) is 0 Å². The van der Waals surface area contributed by atoms with Gasteiger partial charge in [0.1, 0.15) is 5.82 Å². The number of fused-ring (bicyclic) bond motifs is 1. The average Bonchev–Trinajstić information content (AvgIpc) is 2.48. The SMILES string of the molecule is CC1CN2CCCCC2CN1c1c(F)cccc1CCN. The maximum atomic E-state index is 14.5. The van der Waals surface area contributed by atoms with E-state index in [0.717, 1.165) is 30.8 Å². The largest absolute Gasteiger partial charge is 0.363 e. The van der Waals surface area contributed by atoms with E-state index in [9.17, 15) is 4.39 Å². The highest BCUT2D eigenvalue weighted by molar-refractivity contribution is 5.56. The second-order valence-electron chi connectivity index (χ2n) is 6.43. The van der Waals surface area contributed by atoms with Crippen molar-refractivity contribution in [3.8, 4) is 0 Å². The Bertz CT molecular complexity index is 491. The van der Waals surface area contributed by atoms with Gasteiger partial charge in [0.05, 0.1) is 5.69 Å². The van der Waals surface area contributed by atoms with Crippen LogP contribution in [0.2, 0.25) is 0 Å². The van der Waals surface area contributed by atoms with Crippen molar-refractivity contribution in [3.05, 3.63) is 29.6 Å². The van der Waals surface area contributed by atoms with Crippen molar-refractivity contribution in [1.82, 2.24) is 4.90 Å². The van der Waals surface area contributed by atoms with Gasteiger partial charge in [-0.1, -0.05) is 18.6 Å². The molecule has 2 aliphatic heterocycles. The van der Waals surface area contributed by atoms with Crippen LogP contribution in [-0.4, -0.2) is 43.2 Å². The fourth-order valence-corrected chi connectivity index (χ4v) is 3.90. The smallest absolute Gasteiger partial charge is 0.146 e. The number of piperidine rings is 1. The predicted octanol–water partition coefficient (Wildman–Crippen LogP) is 2.39. The van der Waals surface area contributed by atoms with Gasteiger partial charge in [0.25, 0.3) is 0 Å². The minimum absolute atomic E-state index is 0.0999. The monoisotopic (exact) mass is 291 g/mol. The minimum Gasteiger partial charge on any atom is -0.363 e. The Hall–Kier alpha value is -1.13. The molecular weight excluding hydrogens is 265 g/mol. The van der Waals surface area contributed by atoms with E-state index in [1.807, 2.05) is 6.07 Å². The number of benzene rings is 1. The summed E-state index contributed by atoms with van der Waals surface area (Å²) in [6.45, 7) is 5.97. The quantitative estimate of drug-likeness (QED) is 0.928. The van der Waals surface area contributed by atoms with E-state index in [1.54, 1.807) is 12.1 Å². The Morgan fingerprint density at radius 2 is 2.14 bits per heavy atom. The Labute approximate surface area is 126 Å². The van der Waals surface area contributed by atoms with Crippen LogP contribution < -0.4 is 10.6 Å². The molecule has 0 spiro atoms. The van der Waals surface area contributed by atoms with Crippen LogP contribution in [0.3, 0.4) is 0 Å². The summed E-state index contributed by atoms with van der Waals surface area (Å²) in [6, 6.07) is 6.33. The lowest BCUT2D eigenvalue weighted by molar-refractivity contribution is 0.115. The van der Waals surface area contributed by atoms with Gasteiger partial charge in [-0.25, -0.2) is 4.39 Å². The van der Waals surface area contributed by atoms with E-state index in [-0.39, 0.29) is 5.82 Å². The molecule has 0 amide bonds. The van der Waals surface area contributed by atoms with Gasteiger partial charge < -0.3 is 10.6 Å². The van der Waals surface area contributed by atoms with E-state index in [2.05, 4.69) is 16.7 Å².